The fraction of sp³-hybridized carbons (Fsp3) is 0.556. The van der Waals surface area contributed by atoms with Crippen LogP contribution in [0.15, 0.2) is 23.2 Å². The molecular weight excluding hydrogens is 339 g/mol. The molecule has 0 atom stereocenters. The first-order valence-electron chi connectivity index (χ1n) is 8.77. The molecule has 1 aromatic rings. The molecule has 0 unspecified atom stereocenters. The van der Waals surface area contributed by atoms with Crippen molar-refractivity contribution in [2.75, 3.05) is 26.8 Å². The Morgan fingerprint density at radius 3 is 2.81 bits per heavy atom. The SMILES string of the molecule is CCOC(=O)N1CCC(NC(N)=NCc2ccc(F)c(COC)c2)CC1. The summed E-state index contributed by atoms with van der Waals surface area (Å²) in [7, 11) is 1.53. The van der Waals surface area contributed by atoms with E-state index in [4.69, 9.17) is 15.2 Å². The molecule has 1 saturated heterocycles. The van der Waals surface area contributed by atoms with E-state index in [1.165, 1.54) is 13.2 Å². The maximum atomic E-state index is 13.6. The molecule has 1 aliphatic rings. The highest BCUT2D eigenvalue weighted by Crippen LogP contribution is 2.13. The van der Waals surface area contributed by atoms with E-state index in [0.717, 1.165) is 18.4 Å². The van der Waals surface area contributed by atoms with Gasteiger partial charge < -0.3 is 25.4 Å². The van der Waals surface area contributed by atoms with Gasteiger partial charge in [-0.2, -0.15) is 0 Å². The summed E-state index contributed by atoms with van der Waals surface area (Å²) >= 11 is 0. The van der Waals surface area contributed by atoms with E-state index in [2.05, 4.69) is 10.3 Å². The topological polar surface area (TPSA) is 89.2 Å². The second kappa shape index (κ2) is 9.96. The van der Waals surface area contributed by atoms with Crippen molar-refractivity contribution in [2.24, 2.45) is 10.7 Å². The Bertz CT molecular complexity index is 631. The number of hydrogen-bond acceptors (Lipinski definition) is 4. The highest BCUT2D eigenvalue weighted by molar-refractivity contribution is 5.78. The molecule has 0 saturated carbocycles. The van der Waals surface area contributed by atoms with Crippen LogP contribution in [0, 0.1) is 5.82 Å². The third-order valence-electron chi connectivity index (χ3n) is 4.21. The minimum Gasteiger partial charge on any atom is -0.450 e. The number of halogens is 1. The van der Waals surface area contributed by atoms with Crippen molar-refractivity contribution in [3.63, 3.8) is 0 Å². The lowest BCUT2D eigenvalue weighted by Gasteiger charge is -2.31. The lowest BCUT2D eigenvalue weighted by molar-refractivity contribution is 0.0963. The first-order valence-corrected chi connectivity index (χ1v) is 8.77. The van der Waals surface area contributed by atoms with Crippen LogP contribution in [0.4, 0.5) is 9.18 Å². The average molecular weight is 366 g/mol. The van der Waals surface area contributed by atoms with Gasteiger partial charge in [-0.05, 0) is 37.5 Å². The third-order valence-corrected chi connectivity index (χ3v) is 4.21. The summed E-state index contributed by atoms with van der Waals surface area (Å²) in [6.45, 7) is 4.01. The lowest BCUT2D eigenvalue weighted by Crippen LogP contribution is -2.48. The van der Waals surface area contributed by atoms with Gasteiger partial charge in [0, 0.05) is 31.8 Å². The van der Waals surface area contributed by atoms with Crippen LogP contribution in [0.25, 0.3) is 0 Å². The predicted octanol–water partition coefficient (Wildman–Crippen LogP) is 2.00. The number of nitrogens with two attached hydrogens (primary N) is 1. The van der Waals surface area contributed by atoms with Crippen LogP contribution in [0.3, 0.4) is 0 Å². The summed E-state index contributed by atoms with van der Waals surface area (Å²) in [6.07, 6.45) is 1.29. The summed E-state index contributed by atoms with van der Waals surface area (Å²) < 4.78 is 23.6. The van der Waals surface area contributed by atoms with Gasteiger partial charge in [0.25, 0.3) is 0 Å². The van der Waals surface area contributed by atoms with Crippen molar-refractivity contribution in [1.29, 1.82) is 0 Å². The number of ether oxygens (including phenoxy) is 2. The van der Waals surface area contributed by atoms with E-state index in [0.29, 0.717) is 37.8 Å². The molecule has 0 aliphatic carbocycles. The van der Waals surface area contributed by atoms with E-state index < -0.39 is 0 Å². The Morgan fingerprint density at radius 1 is 1.42 bits per heavy atom. The van der Waals surface area contributed by atoms with Gasteiger partial charge in [0.15, 0.2) is 5.96 Å². The van der Waals surface area contributed by atoms with E-state index in [-0.39, 0.29) is 24.6 Å². The van der Waals surface area contributed by atoms with Gasteiger partial charge in [0.2, 0.25) is 0 Å². The maximum Gasteiger partial charge on any atom is 0.409 e. The molecule has 0 spiro atoms. The predicted molar refractivity (Wildman–Crippen MR) is 97.2 cm³/mol. The number of nitrogens with one attached hydrogen (secondary N) is 1. The number of benzene rings is 1. The van der Waals surface area contributed by atoms with Crippen molar-refractivity contribution in [3.8, 4) is 0 Å². The molecule has 3 N–H and O–H groups in total. The molecule has 8 heteroatoms. The Morgan fingerprint density at radius 2 is 2.15 bits per heavy atom. The fourth-order valence-corrected chi connectivity index (χ4v) is 2.84. The molecule has 1 aliphatic heterocycles. The number of aliphatic imine (C=N–C) groups is 1. The third kappa shape index (κ3) is 5.87. The zero-order chi connectivity index (χ0) is 18.9. The number of amides is 1. The summed E-state index contributed by atoms with van der Waals surface area (Å²) in [5, 5.41) is 3.18. The number of hydrogen-bond donors (Lipinski definition) is 2. The second-order valence-corrected chi connectivity index (χ2v) is 6.16. The smallest absolute Gasteiger partial charge is 0.409 e. The average Bonchev–Trinajstić information content (AvgIpc) is 2.63. The summed E-state index contributed by atoms with van der Waals surface area (Å²) in [4.78, 5) is 17.7. The molecular formula is C18H27FN4O3. The van der Waals surface area contributed by atoms with Gasteiger partial charge in [0.05, 0.1) is 19.8 Å². The monoisotopic (exact) mass is 366 g/mol. The fourth-order valence-electron chi connectivity index (χ4n) is 2.84. The van der Waals surface area contributed by atoms with Gasteiger partial charge in [-0.3, -0.25) is 0 Å². The Balaban J connectivity index is 1.82. The Labute approximate surface area is 153 Å². The van der Waals surface area contributed by atoms with Crippen molar-refractivity contribution in [3.05, 3.63) is 35.1 Å². The summed E-state index contributed by atoms with van der Waals surface area (Å²) in [5.74, 6) is 0.0521. The Hall–Kier alpha value is -2.35. The van der Waals surface area contributed by atoms with E-state index in [1.54, 1.807) is 24.0 Å². The zero-order valence-corrected chi connectivity index (χ0v) is 15.3. The number of guanidine groups is 1. The summed E-state index contributed by atoms with van der Waals surface area (Å²) in [6, 6.07) is 4.99. The van der Waals surface area contributed by atoms with Crippen molar-refractivity contribution in [2.45, 2.75) is 39.0 Å². The van der Waals surface area contributed by atoms with Crippen LogP contribution in [-0.4, -0.2) is 49.8 Å². The number of methoxy groups -OCH3 is 1. The molecule has 1 aromatic carbocycles. The molecule has 1 heterocycles. The van der Waals surface area contributed by atoms with Crippen molar-refractivity contribution in [1.82, 2.24) is 10.2 Å². The van der Waals surface area contributed by atoms with Gasteiger partial charge in [0.1, 0.15) is 5.82 Å². The number of likely N-dealkylation sites (tertiary alicyclic amines) is 1. The van der Waals surface area contributed by atoms with E-state index >= 15 is 0 Å². The number of piperidine rings is 1. The molecule has 0 aromatic heterocycles. The van der Waals surface area contributed by atoms with Crippen LogP contribution in [0.5, 0.6) is 0 Å². The molecule has 26 heavy (non-hydrogen) atoms. The molecule has 144 valence electrons. The largest absolute Gasteiger partial charge is 0.450 e. The van der Waals surface area contributed by atoms with Gasteiger partial charge >= 0.3 is 6.09 Å². The zero-order valence-electron chi connectivity index (χ0n) is 15.3. The highest BCUT2D eigenvalue weighted by Gasteiger charge is 2.23. The van der Waals surface area contributed by atoms with E-state index in [9.17, 15) is 9.18 Å². The first kappa shape index (κ1) is 20.0. The van der Waals surface area contributed by atoms with Gasteiger partial charge in [-0.25, -0.2) is 14.2 Å². The van der Waals surface area contributed by atoms with Crippen molar-refractivity contribution >= 4 is 12.1 Å². The van der Waals surface area contributed by atoms with Crippen LogP contribution in [0.2, 0.25) is 0 Å². The van der Waals surface area contributed by atoms with Crippen molar-refractivity contribution < 1.29 is 18.7 Å². The summed E-state index contributed by atoms with van der Waals surface area (Å²) in [5.41, 5.74) is 7.32. The van der Waals surface area contributed by atoms with Crippen LogP contribution >= 0.6 is 0 Å². The first-order chi connectivity index (χ1) is 12.5. The molecule has 2 rings (SSSR count). The molecule has 0 radical (unpaired) electrons. The molecule has 0 bridgehead atoms. The van der Waals surface area contributed by atoms with Crippen LogP contribution < -0.4 is 11.1 Å². The molecule has 1 fully saturated rings. The van der Waals surface area contributed by atoms with E-state index in [1.807, 2.05) is 0 Å². The normalized spacial score (nSPS) is 15.8. The maximum absolute atomic E-state index is 13.6. The number of nitrogens with zero attached hydrogens (tertiary/aromatic N) is 2. The number of carbonyl (C=O) groups excluding carboxylic acids is 1. The second-order valence-electron chi connectivity index (χ2n) is 6.16. The Kier molecular flexibility index (Phi) is 7.65. The highest BCUT2D eigenvalue weighted by atomic mass is 19.1. The van der Waals surface area contributed by atoms with Crippen LogP contribution in [-0.2, 0) is 22.6 Å². The minimum absolute atomic E-state index is 0.168. The quantitative estimate of drug-likeness (QED) is 0.594. The van der Waals surface area contributed by atoms with Gasteiger partial charge in [-0.15, -0.1) is 0 Å². The molecule has 1 amide bonds. The number of carbonyl (C=O) groups is 1. The molecule has 7 nitrogen and oxygen atoms in total. The number of rotatable bonds is 6. The van der Waals surface area contributed by atoms with Gasteiger partial charge in [-0.1, -0.05) is 6.07 Å². The lowest BCUT2D eigenvalue weighted by atomic mass is 10.1. The van der Waals surface area contributed by atoms with Crippen LogP contribution in [0.1, 0.15) is 30.9 Å². The minimum atomic E-state index is -0.293. The standard InChI is InChI=1S/C18H27FN4O3/c1-3-26-18(24)23-8-6-15(7-9-23)22-17(20)21-11-13-4-5-16(19)14(10-13)12-25-2/h4-5,10,15H,3,6-9,11-12H2,1-2H3,(H3,20,21,22).